The zero-order valence-corrected chi connectivity index (χ0v) is 14.8. The van der Waals surface area contributed by atoms with E-state index in [1.807, 2.05) is 0 Å². The molecule has 1 heterocycles. The molecule has 22 heavy (non-hydrogen) atoms. The first kappa shape index (κ1) is 18.0. The fraction of sp³-hybridized carbons (Fsp3) is 0.571. The van der Waals surface area contributed by atoms with Crippen molar-refractivity contribution in [3.05, 3.63) is 27.7 Å². The molecule has 0 unspecified atom stereocenters. The highest BCUT2D eigenvalue weighted by atomic mass is 35.5. The lowest BCUT2D eigenvalue weighted by Gasteiger charge is -2.26. The Labute approximate surface area is 141 Å². The van der Waals surface area contributed by atoms with Crippen molar-refractivity contribution in [3.8, 4) is 0 Å². The maximum absolute atomic E-state index is 12.3. The van der Waals surface area contributed by atoms with Gasteiger partial charge < -0.3 is 4.74 Å². The van der Waals surface area contributed by atoms with Crippen LogP contribution in [-0.2, 0) is 14.8 Å². The summed E-state index contributed by atoms with van der Waals surface area (Å²) in [7, 11) is -3.62. The number of ether oxygens (including phenoxy) is 1. The summed E-state index contributed by atoms with van der Waals surface area (Å²) in [4.78, 5) is 2.33. The van der Waals surface area contributed by atoms with E-state index in [0.29, 0.717) is 17.1 Å². The van der Waals surface area contributed by atoms with Gasteiger partial charge in [-0.2, -0.15) is 0 Å². The largest absolute Gasteiger partial charge is 0.379 e. The fourth-order valence-electron chi connectivity index (χ4n) is 2.25. The molecule has 1 fully saturated rings. The Morgan fingerprint density at radius 1 is 1.23 bits per heavy atom. The van der Waals surface area contributed by atoms with Gasteiger partial charge in [-0.1, -0.05) is 23.2 Å². The van der Waals surface area contributed by atoms with Crippen LogP contribution in [0.15, 0.2) is 17.0 Å². The second-order valence-corrected chi connectivity index (χ2v) is 7.79. The third kappa shape index (κ3) is 4.81. The lowest BCUT2D eigenvalue weighted by molar-refractivity contribution is 0.0376. The topological polar surface area (TPSA) is 58.6 Å². The van der Waals surface area contributed by atoms with Crippen molar-refractivity contribution in [2.24, 2.45) is 0 Å². The number of nitrogens with zero attached hydrogens (tertiary/aromatic N) is 1. The van der Waals surface area contributed by atoms with Crippen LogP contribution in [0.25, 0.3) is 0 Å². The van der Waals surface area contributed by atoms with Crippen molar-refractivity contribution in [1.82, 2.24) is 9.62 Å². The summed E-state index contributed by atoms with van der Waals surface area (Å²) in [6, 6.07) is 2.95. The van der Waals surface area contributed by atoms with Crippen molar-refractivity contribution in [3.63, 3.8) is 0 Å². The molecule has 0 amide bonds. The Bertz CT molecular complexity index is 617. The van der Waals surface area contributed by atoms with Crippen LogP contribution in [0.2, 0.25) is 10.0 Å². The smallest absolute Gasteiger partial charge is 0.242 e. The number of nitrogens with one attached hydrogen (secondary N) is 1. The van der Waals surface area contributed by atoms with Crippen LogP contribution >= 0.6 is 23.2 Å². The average Bonchev–Trinajstić information content (AvgIpc) is 2.48. The zero-order valence-electron chi connectivity index (χ0n) is 12.4. The van der Waals surface area contributed by atoms with Crippen LogP contribution in [0, 0.1) is 6.92 Å². The van der Waals surface area contributed by atoms with E-state index in [0.717, 1.165) is 39.3 Å². The van der Waals surface area contributed by atoms with Crippen LogP contribution < -0.4 is 4.72 Å². The number of benzene rings is 1. The van der Waals surface area contributed by atoms with E-state index in [-0.39, 0.29) is 9.92 Å². The predicted octanol–water partition coefficient (Wildman–Crippen LogP) is 2.30. The molecule has 1 aromatic carbocycles. The van der Waals surface area contributed by atoms with E-state index in [9.17, 15) is 8.42 Å². The second kappa shape index (κ2) is 7.95. The van der Waals surface area contributed by atoms with E-state index in [2.05, 4.69) is 9.62 Å². The van der Waals surface area contributed by atoms with Crippen molar-refractivity contribution >= 4 is 33.2 Å². The van der Waals surface area contributed by atoms with Crippen molar-refractivity contribution in [1.29, 1.82) is 0 Å². The number of morpholine rings is 1. The summed E-state index contributed by atoms with van der Waals surface area (Å²) in [6.07, 6.45) is 0.740. The molecule has 124 valence electrons. The lowest BCUT2D eigenvalue weighted by Crippen LogP contribution is -2.38. The molecule has 0 radical (unpaired) electrons. The Morgan fingerprint density at radius 3 is 2.59 bits per heavy atom. The number of hydrogen-bond donors (Lipinski definition) is 1. The van der Waals surface area contributed by atoms with Gasteiger partial charge in [0.1, 0.15) is 4.90 Å². The Kier molecular flexibility index (Phi) is 6.49. The van der Waals surface area contributed by atoms with Gasteiger partial charge >= 0.3 is 0 Å². The van der Waals surface area contributed by atoms with E-state index in [1.165, 1.54) is 12.1 Å². The molecule has 2 rings (SSSR count). The minimum atomic E-state index is -3.62. The van der Waals surface area contributed by atoms with Gasteiger partial charge in [-0.25, -0.2) is 13.1 Å². The standard InChI is InChI=1S/C14H20Cl2N2O3S/c1-11-9-14(13(16)10-12(11)15)22(19,20)17-3-2-4-18-5-7-21-8-6-18/h9-10,17H,2-8H2,1H3. The molecule has 1 aliphatic heterocycles. The first-order valence-corrected chi connectivity index (χ1v) is 9.39. The highest BCUT2D eigenvalue weighted by Crippen LogP contribution is 2.27. The van der Waals surface area contributed by atoms with E-state index >= 15 is 0 Å². The van der Waals surface area contributed by atoms with Crippen LogP contribution in [0.5, 0.6) is 0 Å². The summed E-state index contributed by atoms with van der Waals surface area (Å²) in [6.45, 7) is 6.24. The highest BCUT2D eigenvalue weighted by molar-refractivity contribution is 7.89. The third-order valence-corrected chi connectivity index (χ3v) is 5.88. The van der Waals surface area contributed by atoms with Gasteiger partial charge in [-0.15, -0.1) is 0 Å². The van der Waals surface area contributed by atoms with Gasteiger partial charge in [0, 0.05) is 24.7 Å². The van der Waals surface area contributed by atoms with Gasteiger partial charge in [0.25, 0.3) is 0 Å². The maximum atomic E-state index is 12.3. The molecule has 0 saturated carbocycles. The molecule has 0 atom stereocenters. The first-order valence-electron chi connectivity index (χ1n) is 7.15. The van der Waals surface area contributed by atoms with E-state index < -0.39 is 10.0 Å². The Hall–Kier alpha value is -0.370. The molecular weight excluding hydrogens is 347 g/mol. The molecule has 0 aromatic heterocycles. The van der Waals surface area contributed by atoms with E-state index in [4.69, 9.17) is 27.9 Å². The number of aryl methyl sites for hydroxylation is 1. The van der Waals surface area contributed by atoms with Crippen molar-refractivity contribution < 1.29 is 13.2 Å². The van der Waals surface area contributed by atoms with Crippen LogP contribution in [0.3, 0.4) is 0 Å². The summed E-state index contributed by atoms with van der Waals surface area (Å²) < 4.78 is 32.5. The molecular formula is C14H20Cl2N2O3S. The molecule has 0 spiro atoms. The number of halogens is 2. The minimum absolute atomic E-state index is 0.0717. The number of hydrogen-bond acceptors (Lipinski definition) is 4. The molecule has 5 nitrogen and oxygen atoms in total. The highest BCUT2D eigenvalue weighted by Gasteiger charge is 2.19. The molecule has 1 aromatic rings. The van der Waals surface area contributed by atoms with Crippen LogP contribution in [0.1, 0.15) is 12.0 Å². The zero-order chi connectivity index (χ0) is 16.2. The number of rotatable bonds is 6. The third-order valence-electron chi connectivity index (χ3n) is 3.55. The van der Waals surface area contributed by atoms with E-state index in [1.54, 1.807) is 6.92 Å². The lowest BCUT2D eigenvalue weighted by atomic mass is 10.2. The monoisotopic (exact) mass is 366 g/mol. The normalized spacial score (nSPS) is 16.9. The van der Waals surface area contributed by atoms with Gasteiger partial charge in [0.05, 0.1) is 18.2 Å². The Balaban J connectivity index is 1.89. The molecule has 1 N–H and O–H groups in total. The number of sulfonamides is 1. The maximum Gasteiger partial charge on any atom is 0.242 e. The summed E-state index contributed by atoms with van der Waals surface area (Å²) in [5.41, 5.74) is 0.680. The Morgan fingerprint density at radius 2 is 1.91 bits per heavy atom. The van der Waals surface area contributed by atoms with Gasteiger partial charge in [-0.3, -0.25) is 4.90 Å². The van der Waals surface area contributed by atoms with Crippen molar-refractivity contribution in [2.75, 3.05) is 39.4 Å². The van der Waals surface area contributed by atoms with Gasteiger partial charge in [0.15, 0.2) is 0 Å². The minimum Gasteiger partial charge on any atom is -0.379 e. The SMILES string of the molecule is Cc1cc(S(=O)(=O)NCCCN2CCOCC2)c(Cl)cc1Cl. The summed E-state index contributed by atoms with van der Waals surface area (Å²) >= 11 is 11.9. The summed E-state index contributed by atoms with van der Waals surface area (Å²) in [5, 5.41) is 0.590. The fourth-order valence-corrected chi connectivity index (χ4v) is 4.15. The molecule has 1 saturated heterocycles. The molecule has 8 heteroatoms. The average molecular weight is 367 g/mol. The predicted molar refractivity (Wildman–Crippen MR) is 88.3 cm³/mol. The second-order valence-electron chi connectivity index (χ2n) is 5.24. The quantitative estimate of drug-likeness (QED) is 0.784. The van der Waals surface area contributed by atoms with Crippen molar-refractivity contribution in [2.45, 2.75) is 18.2 Å². The van der Waals surface area contributed by atoms with Gasteiger partial charge in [-0.05, 0) is 37.6 Å². The molecule has 1 aliphatic rings. The molecule has 0 aliphatic carbocycles. The van der Waals surface area contributed by atoms with Crippen LogP contribution in [0.4, 0.5) is 0 Å². The summed E-state index contributed by atoms with van der Waals surface area (Å²) in [5.74, 6) is 0. The van der Waals surface area contributed by atoms with Crippen LogP contribution in [-0.4, -0.2) is 52.7 Å². The van der Waals surface area contributed by atoms with Gasteiger partial charge in [0.2, 0.25) is 10.0 Å². The first-order chi connectivity index (χ1) is 10.4. The molecule has 0 bridgehead atoms.